The number of nitrogens with one attached hydrogen (secondary N) is 1. The van der Waals surface area contributed by atoms with E-state index in [1.165, 1.54) is 42.2 Å². The van der Waals surface area contributed by atoms with Crippen LogP contribution in [-0.2, 0) is 17.9 Å². The van der Waals surface area contributed by atoms with Crippen molar-refractivity contribution in [3.63, 3.8) is 0 Å². The molecule has 0 bridgehead atoms. The standard InChI is InChI=1S/2C11H7FN.C3H4N2.ClH.Ir/c2*12-10-6-4-9(5-7-10)11-3-1-2-8-13-11;1-2-4-5-3-1;;/h2*1-4,6-8H;1-3H,(H,4,5);1H;/q2*-1;;;+3/p-1. The first-order valence-corrected chi connectivity index (χ1v) is 12.4. The molecule has 0 unspecified atom stereocenters. The number of H-pyrrole nitrogens is 1. The molecule has 8 heteroatoms. The molecule has 3 heterocycles. The van der Waals surface area contributed by atoms with Crippen LogP contribution in [0.4, 0.5) is 8.78 Å². The zero-order chi connectivity index (χ0) is 23.7. The van der Waals surface area contributed by atoms with Crippen LogP contribution in [0.15, 0.2) is 104 Å². The van der Waals surface area contributed by atoms with E-state index in [0.717, 1.165) is 22.5 Å². The summed E-state index contributed by atoms with van der Waals surface area (Å²) < 4.78 is 25.1. The normalized spacial score (nSPS) is 9.21. The maximum absolute atomic E-state index is 12.6. The summed E-state index contributed by atoms with van der Waals surface area (Å²) in [5.41, 5.74) is 3.23. The third-order valence-electron chi connectivity index (χ3n) is 3.84. The van der Waals surface area contributed by atoms with Crippen molar-refractivity contribution in [3.8, 4) is 22.5 Å². The maximum atomic E-state index is 12.6. The number of hydrogen-bond donors (Lipinski definition) is 1. The first-order chi connectivity index (χ1) is 16.2. The van der Waals surface area contributed by atoms with Gasteiger partial charge in [-0.05, 0) is 29.6 Å². The van der Waals surface area contributed by atoms with Crippen molar-refractivity contribution in [1.29, 1.82) is 0 Å². The van der Waals surface area contributed by atoms with E-state index in [-0.39, 0.29) is 11.6 Å². The molecule has 0 saturated heterocycles. The van der Waals surface area contributed by atoms with Crippen molar-refractivity contribution in [3.05, 3.63) is 127 Å². The number of benzene rings is 2. The summed E-state index contributed by atoms with van der Waals surface area (Å²) in [6.45, 7) is 0. The van der Waals surface area contributed by atoms with Crippen LogP contribution in [0.25, 0.3) is 22.5 Å². The second kappa shape index (κ2) is 15.5. The Labute approximate surface area is 205 Å². The SMILES string of the molecule is Fc1c[c-]c(-c2ccccn2)cc1.Fc1c[c-]c(-c2ccccn2)cc1.[Cl][Ir+2].c1cn[nH]c1. The first-order valence-electron chi connectivity index (χ1n) is 9.46. The van der Waals surface area contributed by atoms with E-state index >= 15 is 0 Å². The van der Waals surface area contributed by atoms with E-state index in [1.54, 1.807) is 36.9 Å². The summed E-state index contributed by atoms with van der Waals surface area (Å²) in [7, 11) is 4.64. The summed E-state index contributed by atoms with van der Waals surface area (Å²) in [6, 6.07) is 27.4. The van der Waals surface area contributed by atoms with Crippen molar-refractivity contribution < 1.29 is 26.7 Å². The average molecular weight is 640 g/mol. The van der Waals surface area contributed by atoms with E-state index in [0.29, 0.717) is 0 Å². The second-order valence-corrected chi connectivity index (χ2v) is 6.04. The minimum atomic E-state index is -0.278. The summed E-state index contributed by atoms with van der Waals surface area (Å²) >= 11 is 1.47. The number of aromatic amines is 1. The number of aromatic nitrogens is 4. The van der Waals surface area contributed by atoms with Crippen LogP contribution in [0.1, 0.15) is 0 Å². The molecule has 5 aromatic rings. The van der Waals surface area contributed by atoms with Gasteiger partial charge in [-0.3, -0.25) is 13.9 Å². The summed E-state index contributed by atoms with van der Waals surface area (Å²) in [5, 5.41) is 6.21. The van der Waals surface area contributed by atoms with Gasteiger partial charge in [0, 0.05) is 36.4 Å². The molecular weight excluding hydrogens is 622 g/mol. The van der Waals surface area contributed by atoms with Crippen molar-refractivity contribution in [2.45, 2.75) is 0 Å². The minimum absolute atomic E-state index is 0.278. The Morgan fingerprint density at radius 3 is 1.45 bits per heavy atom. The molecule has 3 aromatic heterocycles. The molecule has 0 spiro atoms. The Kier molecular flexibility index (Phi) is 12.2. The number of halogens is 3. The minimum Gasteiger partial charge on any atom is -0.286 e. The molecule has 2 aromatic carbocycles. The van der Waals surface area contributed by atoms with Gasteiger partial charge in [0.05, 0.1) is 0 Å². The van der Waals surface area contributed by atoms with Gasteiger partial charge in [-0.25, -0.2) is 0 Å². The summed E-state index contributed by atoms with van der Waals surface area (Å²) in [6.07, 6.45) is 6.86. The molecule has 0 fully saturated rings. The average Bonchev–Trinajstić information content (AvgIpc) is 3.48. The first kappa shape index (κ1) is 26.0. The number of nitrogens with zero attached hydrogens (tertiary/aromatic N) is 3. The van der Waals surface area contributed by atoms with Gasteiger partial charge in [-0.15, -0.1) is 59.7 Å². The molecule has 4 nitrogen and oxygen atoms in total. The number of pyridine rings is 2. The Morgan fingerprint density at radius 1 is 0.667 bits per heavy atom. The van der Waals surface area contributed by atoms with E-state index in [4.69, 9.17) is 0 Å². The molecule has 168 valence electrons. The van der Waals surface area contributed by atoms with Crippen LogP contribution in [0.2, 0.25) is 0 Å². The van der Waals surface area contributed by atoms with Gasteiger partial charge in [-0.1, -0.05) is 24.3 Å². The maximum Gasteiger partial charge on any atom is 0.0487 e. The molecule has 0 radical (unpaired) electrons. The molecule has 0 atom stereocenters. The molecule has 0 amide bonds. The zero-order valence-electron chi connectivity index (χ0n) is 17.1. The molecule has 33 heavy (non-hydrogen) atoms. The van der Waals surface area contributed by atoms with Gasteiger partial charge >= 0.3 is 27.5 Å². The van der Waals surface area contributed by atoms with Crippen LogP contribution in [-0.4, -0.2) is 20.2 Å². The largest absolute Gasteiger partial charge is 0.286 e. The second-order valence-electron chi connectivity index (χ2n) is 6.04. The van der Waals surface area contributed by atoms with Crippen molar-refractivity contribution in [2.24, 2.45) is 0 Å². The summed E-state index contributed by atoms with van der Waals surface area (Å²) in [5.74, 6) is -0.556. The van der Waals surface area contributed by atoms with Crippen LogP contribution in [0, 0.1) is 23.8 Å². The molecule has 5 rings (SSSR count). The third kappa shape index (κ3) is 9.83. The Balaban J connectivity index is 0.000000183. The topological polar surface area (TPSA) is 54.5 Å². The van der Waals surface area contributed by atoms with Crippen LogP contribution in [0.5, 0.6) is 0 Å². The van der Waals surface area contributed by atoms with E-state index in [1.807, 2.05) is 42.5 Å². The Morgan fingerprint density at radius 2 is 1.18 bits per heavy atom. The Bertz CT molecular complexity index is 1030. The number of rotatable bonds is 2. The predicted molar refractivity (Wildman–Crippen MR) is 121 cm³/mol. The third-order valence-corrected chi connectivity index (χ3v) is 3.84. The van der Waals surface area contributed by atoms with Gasteiger partial charge in [0.15, 0.2) is 0 Å². The van der Waals surface area contributed by atoms with Crippen LogP contribution < -0.4 is 0 Å². The molecule has 0 aliphatic rings. The van der Waals surface area contributed by atoms with Crippen molar-refractivity contribution in [2.75, 3.05) is 0 Å². The monoisotopic (exact) mass is 640 g/mol. The van der Waals surface area contributed by atoms with Gasteiger partial charge in [0.25, 0.3) is 0 Å². The van der Waals surface area contributed by atoms with Crippen LogP contribution >= 0.6 is 9.58 Å². The predicted octanol–water partition coefficient (Wildman–Crippen LogP) is 6.47. The fourth-order valence-electron chi connectivity index (χ4n) is 2.39. The van der Waals surface area contributed by atoms with Gasteiger partial charge in [0.1, 0.15) is 0 Å². The van der Waals surface area contributed by atoms with Crippen molar-refractivity contribution in [1.82, 2.24) is 20.2 Å². The Hall–Kier alpha value is -3.25. The van der Waals surface area contributed by atoms with E-state index in [9.17, 15) is 8.78 Å². The fraction of sp³-hybridized carbons (Fsp3) is 0. The van der Waals surface area contributed by atoms with E-state index in [2.05, 4.69) is 41.9 Å². The van der Waals surface area contributed by atoms with Gasteiger partial charge < -0.3 is 9.97 Å². The molecular formula is C25H18ClF2IrN4. The zero-order valence-corrected chi connectivity index (χ0v) is 20.3. The van der Waals surface area contributed by atoms with Crippen LogP contribution in [0.3, 0.4) is 0 Å². The molecule has 0 aliphatic carbocycles. The molecule has 1 N–H and O–H groups in total. The smallest absolute Gasteiger partial charge is 0.0487 e. The van der Waals surface area contributed by atoms with Crippen molar-refractivity contribution >= 4 is 9.58 Å². The number of hydrogen-bond acceptors (Lipinski definition) is 3. The molecule has 0 aliphatic heterocycles. The quantitative estimate of drug-likeness (QED) is 0.225. The van der Waals surface area contributed by atoms with Gasteiger partial charge in [-0.2, -0.15) is 5.10 Å². The van der Waals surface area contributed by atoms with Gasteiger partial charge in [0.2, 0.25) is 0 Å². The summed E-state index contributed by atoms with van der Waals surface area (Å²) in [4.78, 5) is 8.25. The molecule has 0 saturated carbocycles. The fourth-order valence-corrected chi connectivity index (χ4v) is 2.39. The van der Waals surface area contributed by atoms with E-state index < -0.39 is 0 Å².